The fourth-order valence-electron chi connectivity index (χ4n) is 2.37. The molecule has 1 nitrogen and oxygen atoms in total. The highest BCUT2D eigenvalue weighted by Crippen LogP contribution is 2.25. The zero-order chi connectivity index (χ0) is 13.7. The van der Waals surface area contributed by atoms with E-state index in [1.165, 1.54) is 30.4 Å². The number of aryl methyl sites for hydroxylation is 2. The number of phenols is 1. The Morgan fingerprint density at radius 2 is 1.63 bits per heavy atom. The van der Waals surface area contributed by atoms with E-state index in [4.69, 9.17) is 0 Å². The SMILES string of the molecule is CCCCCc1ccc(-c2cc(C)cc(O)c2)cc1. The highest BCUT2D eigenvalue weighted by atomic mass is 16.3. The van der Waals surface area contributed by atoms with Crippen molar-refractivity contribution in [1.82, 2.24) is 0 Å². The zero-order valence-electron chi connectivity index (χ0n) is 11.8. The van der Waals surface area contributed by atoms with E-state index in [1.807, 2.05) is 13.0 Å². The van der Waals surface area contributed by atoms with E-state index >= 15 is 0 Å². The maximum Gasteiger partial charge on any atom is 0.116 e. The van der Waals surface area contributed by atoms with Gasteiger partial charge in [-0.05, 0) is 54.2 Å². The van der Waals surface area contributed by atoms with Crippen LogP contribution in [0.4, 0.5) is 0 Å². The molecule has 0 aliphatic carbocycles. The fraction of sp³-hybridized carbons (Fsp3) is 0.333. The summed E-state index contributed by atoms with van der Waals surface area (Å²) in [5.74, 6) is 0.335. The molecule has 0 saturated carbocycles. The first-order valence-electron chi connectivity index (χ1n) is 7.09. The molecule has 19 heavy (non-hydrogen) atoms. The summed E-state index contributed by atoms with van der Waals surface area (Å²) in [7, 11) is 0. The van der Waals surface area contributed by atoms with Gasteiger partial charge >= 0.3 is 0 Å². The molecule has 0 aliphatic heterocycles. The van der Waals surface area contributed by atoms with E-state index < -0.39 is 0 Å². The number of benzene rings is 2. The highest BCUT2D eigenvalue weighted by Gasteiger charge is 2.01. The molecule has 1 N–H and O–H groups in total. The van der Waals surface area contributed by atoms with Crippen LogP contribution in [0.2, 0.25) is 0 Å². The van der Waals surface area contributed by atoms with Crippen molar-refractivity contribution in [3.05, 3.63) is 53.6 Å². The second-order valence-corrected chi connectivity index (χ2v) is 5.21. The Hall–Kier alpha value is -1.76. The van der Waals surface area contributed by atoms with Gasteiger partial charge in [0.05, 0.1) is 0 Å². The Balaban J connectivity index is 2.13. The molecule has 0 spiro atoms. The van der Waals surface area contributed by atoms with Crippen LogP contribution < -0.4 is 0 Å². The van der Waals surface area contributed by atoms with E-state index in [2.05, 4.69) is 37.3 Å². The van der Waals surface area contributed by atoms with Gasteiger partial charge in [-0.1, -0.05) is 50.1 Å². The quantitative estimate of drug-likeness (QED) is 0.736. The zero-order valence-corrected chi connectivity index (χ0v) is 11.8. The summed E-state index contributed by atoms with van der Waals surface area (Å²) in [6, 6.07) is 14.4. The van der Waals surface area contributed by atoms with Crippen LogP contribution in [-0.2, 0) is 6.42 Å². The van der Waals surface area contributed by atoms with Crippen LogP contribution in [0.1, 0.15) is 37.3 Å². The largest absolute Gasteiger partial charge is 0.508 e. The molecular weight excluding hydrogens is 232 g/mol. The van der Waals surface area contributed by atoms with Crippen LogP contribution >= 0.6 is 0 Å². The molecule has 0 amide bonds. The molecule has 2 aromatic rings. The molecule has 0 saturated heterocycles. The van der Waals surface area contributed by atoms with E-state index in [9.17, 15) is 5.11 Å². The minimum absolute atomic E-state index is 0.335. The number of hydrogen-bond acceptors (Lipinski definition) is 1. The van der Waals surface area contributed by atoms with Gasteiger partial charge in [-0.15, -0.1) is 0 Å². The smallest absolute Gasteiger partial charge is 0.116 e. The van der Waals surface area contributed by atoms with Crippen LogP contribution in [0.25, 0.3) is 11.1 Å². The lowest BCUT2D eigenvalue weighted by Gasteiger charge is -2.06. The van der Waals surface area contributed by atoms with Crippen molar-refractivity contribution < 1.29 is 5.11 Å². The van der Waals surface area contributed by atoms with Gasteiger partial charge in [-0.3, -0.25) is 0 Å². The van der Waals surface area contributed by atoms with Crippen molar-refractivity contribution in [3.63, 3.8) is 0 Å². The second-order valence-electron chi connectivity index (χ2n) is 5.21. The van der Waals surface area contributed by atoms with Gasteiger partial charge in [0, 0.05) is 0 Å². The molecule has 0 bridgehead atoms. The Kier molecular flexibility index (Phi) is 4.62. The summed E-state index contributed by atoms with van der Waals surface area (Å²) in [5, 5.41) is 9.65. The third-order valence-corrected chi connectivity index (χ3v) is 3.42. The summed E-state index contributed by atoms with van der Waals surface area (Å²) in [6.45, 7) is 4.23. The third-order valence-electron chi connectivity index (χ3n) is 3.42. The van der Waals surface area contributed by atoms with Crippen molar-refractivity contribution in [2.45, 2.75) is 39.5 Å². The lowest BCUT2D eigenvalue weighted by molar-refractivity contribution is 0.475. The van der Waals surface area contributed by atoms with Crippen molar-refractivity contribution >= 4 is 0 Å². The van der Waals surface area contributed by atoms with Crippen molar-refractivity contribution in [2.24, 2.45) is 0 Å². The molecule has 0 aromatic heterocycles. The van der Waals surface area contributed by atoms with Crippen LogP contribution in [0, 0.1) is 6.92 Å². The average molecular weight is 254 g/mol. The van der Waals surface area contributed by atoms with E-state index in [1.54, 1.807) is 6.07 Å². The first-order chi connectivity index (χ1) is 9.19. The molecule has 1 heteroatoms. The Labute approximate surface area is 115 Å². The number of hydrogen-bond donors (Lipinski definition) is 1. The molecule has 0 unspecified atom stereocenters. The van der Waals surface area contributed by atoms with Crippen molar-refractivity contribution in [2.75, 3.05) is 0 Å². The predicted molar refractivity (Wildman–Crippen MR) is 81.5 cm³/mol. The van der Waals surface area contributed by atoms with Crippen LogP contribution in [-0.4, -0.2) is 5.11 Å². The van der Waals surface area contributed by atoms with E-state index in [0.29, 0.717) is 5.75 Å². The topological polar surface area (TPSA) is 20.2 Å². The fourth-order valence-corrected chi connectivity index (χ4v) is 2.37. The van der Waals surface area contributed by atoms with Gasteiger partial charge in [0.2, 0.25) is 0 Å². The Bertz CT molecular complexity index is 506. The first kappa shape index (κ1) is 13.7. The Morgan fingerprint density at radius 3 is 2.26 bits per heavy atom. The van der Waals surface area contributed by atoms with Crippen LogP contribution in [0.15, 0.2) is 42.5 Å². The maximum absolute atomic E-state index is 9.65. The number of unbranched alkanes of at least 4 members (excludes halogenated alkanes) is 2. The minimum Gasteiger partial charge on any atom is -0.508 e. The Morgan fingerprint density at radius 1 is 0.895 bits per heavy atom. The van der Waals surface area contributed by atoms with Crippen LogP contribution in [0.3, 0.4) is 0 Å². The van der Waals surface area contributed by atoms with E-state index in [0.717, 1.165) is 17.5 Å². The lowest BCUT2D eigenvalue weighted by Crippen LogP contribution is -1.86. The normalized spacial score (nSPS) is 10.6. The lowest BCUT2D eigenvalue weighted by atomic mass is 10.00. The van der Waals surface area contributed by atoms with Crippen LogP contribution in [0.5, 0.6) is 5.75 Å². The van der Waals surface area contributed by atoms with Crippen molar-refractivity contribution in [3.8, 4) is 16.9 Å². The highest BCUT2D eigenvalue weighted by molar-refractivity contribution is 5.66. The third kappa shape index (κ3) is 3.85. The van der Waals surface area contributed by atoms with Gasteiger partial charge in [0.1, 0.15) is 5.75 Å². The molecule has 2 rings (SSSR count). The summed E-state index contributed by atoms with van der Waals surface area (Å²) in [4.78, 5) is 0. The number of phenolic OH excluding ortho intramolecular Hbond substituents is 1. The molecule has 0 aliphatic rings. The molecule has 0 radical (unpaired) electrons. The molecule has 0 heterocycles. The molecule has 2 aromatic carbocycles. The maximum atomic E-state index is 9.65. The van der Waals surface area contributed by atoms with Gasteiger partial charge in [-0.2, -0.15) is 0 Å². The monoisotopic (exact) mass is 254 g/mol. The molecule has 100 valence electrons. The summed E-state index contributed by atoms with van der Waals surface area (Å²) in [5.41, 5.74) is 4.73. The standard InChI is InChI=1S/C18H22O/c1-3-4-5-6-15-7-9-16(10-8-15)17-11-14(2)12-18(19)13-17/h7-13,19H,3-6H2,1-2H3. The van der Waals surface area contributed by atoms with Gasteiger partial charge in [0.25, 0.3) is 0 Å². The minimum atomic E-state index is 0.335. The second kappa shape index (κ2) is 6.42. The van der Waals surface area contributed by atoms with Gasteiger partial charge in [0.15, 0.2) is 0 Å². The number of aromatic hydroxyl groups is 1. The predicted octanol–water partition coefficient (Wildman–Crippen LogP) is 5.10. The number of rotatable bonds is 5. The first-order valence-corrected chi connectivity index (χ1v) is 7.09. The summed E-state index contributed by atoms with van der Waals surface area (Å²) >= 11 is 0. The van der Waals surface area contributed by atoms with E-state index in [-0.39, 0.29) is 0 Å². The molecule has 0 fully saturated rings. The van der Waals surface area contributed by atoms with Crippen molar-refractivity contribution in [1.29, 1.82) is 0 Å². The summed E-state index contributed by atoms with van der Waals surface area (Å²) < 4.78 is 0. The van der Waals surface area contributed by atoms with Gasteiger partial charge < -0.3 is 5.11 Å². The average Bonchev–Trinajstić information content (AvgIpc) is 2.39. The molecular formula is C18H22O. The molecule has 0 atom stereocenters. The van der Waals surface area contributed by atoms with Gasteiger partial charge in [-0.25, -0.2) is 0 Å². The summed E-state index contributed by atoms with van der Waals surface area (Å²) in [6.07, 6.45) is 4.99.